The number of hydrogen-bond donors (Lipinski definition) is 4. The lowest BCUT2D eigenvalue weighted by Gasteiger charge is -2.39. The molecule has 0 saturated carbocycles. The molecule has 8 heteroatoms. The molecule has 16 heavy (non-hydrogen) atoms. The Balaban J connectivity index is 2.85. The Bertz CT molecular complexity index is 267. The summed E-state index contributed by atoms with van der Waals surface area (Å²) in [5.74, 6) is -0.857. The topological polar surface area (TPSA) is 81.6 Å². The number of aliphatic hydroxyl groups is 2. The Hall–Kier alpha value is -0.860. The molecular formula is C8H13F3N2O3. The van der Waals surface area contributed by atoms with Gasteiger partial charge in [-0.25, -0.2) is 13.2 Å². The van der Waals surface area contributed by atoms with Crippen LogP contribution in [0.3, 0.4) is 0 Å². The Morgan fingerprint density at radius 2 is 1.94 bits per heavy atom. The van der Waals surface area contributed by atoms with Crippen molar-refractivity contribution in [1.82, 2.24) is 10.6 Å². The molecule has 0 aromatic rings. The first-order valence-electron chi connectivity index (χ1n) is 4.66. The number of halogens is 3. The van der Waals surface area contributed by atoms with Crippen LogP contribution in [0.5, 0.6) is 0 Å². The van der Waals surface area contributed by atoms with Crippen molar-refractivity contribution in [3.63, 3.8) is 0 Å². The van der Waals surface area contributed by atoms with E-state index in [1.165, 1.54) is 7.05 Å². The Kier molecular flexibility index (Phi) is 4.11. The molecule has 0 spiro atoms. The van der Waals surface area contributed by atoms with Gasteiger partial charge in [0.25, 0.3) is 6.43 Å². The van der Waals surface area contributed by atoms with Gasteiger partial charge < -0.3 is 15.5 Å². The third-order valence-electron chi connectivity index (χ3n) is 2.53. The molecular weight excluding hydrogens is 229 g/mol. The van der Waals surface area contributed by atoms with Gasteiger partial charge in [-0.1, -0.05) is 0 Å². The van der Waals surface area contributed by atoms with Crippen LogP contribution in [0.25, 0.3) is 0 Å². The third-order valence-corrected chi connectivity index (χ3v) is 2.53. The second-order valence-corrected chi connectivity index (χ2v) is 3.54. The predicted molar refractivity (Wildman–Crippen MR) is 47.7 cm³/mol. The first kappa shape index (κ1) is 13.2. The minimum absolute atomic E-state index is 0.857. The standard InChI is InChI=1S/C8H13F3N2O3/c1-12-8(16)3-2(9)5(14)6(15)4(13-3)7(10)11/h2-7,13-15H,1H3,(H,12,16)/t2-,3+,4+,5-,6-/m1/s1. The molecule has 1 aliphatic rings. The van der Waals surface area contributed by atoms with Gasteiger partial charge in [-0.05, 0) is 0 Å². The average molecular weight is 242 g/mol. The SMILES string of the molecule is CNC(=O)[C@H]1N[C@H](C(F)F)[C@@H](O)[C@H](O)[C@@H]1F. The summed E-state index contributed by atoms with van der Waals surface area (Å²) in [7, 11) is 1.21. The van der Waals surface area contributed by atoms with Crippen LogP contribution >= 0.6 is 0 Å². The first-order chi connectivity index (χ1) is 7.40. The van der Waals surface area contributed by atoms with E-state index in [2.05, 4.69) is 5.32 Å². The largest absolute Gasteiger partial charge is 0.388 e. The van der Waals surface area contributed by atoms with Crippen molar-refractivity contribution >= 4 is 5.91 Å². The molecule has 0 aromatic carbocycles. The highest BCUT2D eigenvalue weighted by Gasteiger charge is 2.49. The van der Waals surface area contributed by atoms with Crippen LogP contribution in [0.15, 0.2) is 0 Å². The number of likely N-dealkylation sites (N-methyl/N-ethyl adjacent to an activating group) is 1. The average Bonchev–Trinajstić information content (AvgIpc) is 2.25. The maximum atomic E-state index is 13.4. The van der Waals surface area contributed by atoms with Crippen LogP contribution < -0.4 is 10.6 Å². The van der Waals surface area contributed by atoms with E-state index in [0.29, 0.717) is 0 Å². The van der Waals surface area contributed by atoms with Crippen molar-refractivity contribution < 1.29 is 28.2 Å². The van der Waals surface area contributed by atoms with E-state index < -0.39 is 42.8 Å². The molecule has 1 aliphatic heterocycles. The van der Waals surface area contributed by atoms with Crippen LogP contribution in [0.1, 0.15) is 0 Å². The molecule has 5 nitrogen and oxygen atoms in total. The van der Waals surface area contributed by atoms with E-state index in [1.54, 1.807) is 0 Å². The molecule has 1 fully saturated rings. The maximum absolute atomic E-state index is 13.4. The molecule has 0 aromatic heterocycles. The number of carbonyl (C=O) groups excluding carboxylic acids is 1. The van der Waals surface area contributed by atoms with Crippen LogP contribution in [0, 0.1) is 0 Å². The monoisotopic (exact) mass is 242 g/mol. The van der Waals surface area contributed by atoms with Crippen molar-refractivity contribution in [3.05, 3.63) is 0 Å². The fourth-order valence-corrected chi connectivity index (χ4v) is 1.59. The molecule has 4 N–H and O–H groups in total. The number of carbonyl (C=O) groups is 1. The molecule has 0 unspecified atom stereocenters. The number of piperidine rings is 1. The van der Waals surface area contributed by atoms with Gasteiger partial charge >= 0.3 is 0 Å². The molecule has 0 bridgehead atoms. The lowest BCUT2D eigenvalue weighted by Crippen LogP contribution is -2.68. The summed E-state index contributed by atoms with van der Waals surface area (Å²) < 4.78 is 38.2. The van der Waals surface area contributed by atoms with Crippen molar-refractivity contribution in [2.75, 3.05) is 7.05 Å². The summed E-state index contributed by atoms with van der Waals surface area (Å²) in [4.78, 5) is 11.1. The lowest BCUT2D eigenvalue weighted by molar-refractivity contribution is -0.141. The zero-order valence-corrected chi connectivity index (χ0v) is 8.40. The molecule has 1 heterocycles. The van der Waals surface area contributed by atoms with E-state index in [0.717, 1.165) is 0 Å². The molecule has 1 amide bonds. The third kappa shape index (κ3) is 2.28. The van der Waals surface area contributed by atoms with Crippen LogP contribution in [0.4, 0.5) is 13.2 Å². The highest BCUT2D eigenvalue weighted by Crippen LogP contribution is 2.22. The summed E-state index contributed by atoms with van der Waals surface area (Å²) >= 11 is 0. The summed E-state index contributed by atoms with van der Waals surface area (Å²) in [6.45, 7) is 0. The summed E-state index contributed by atoms with van der Waals surface area (Å²) in [6, 6.07) is -3.42. The van der Waals surface area contributed by atoms with E-state index in [4.69, 9.17) is 0 Å². The van der Waals surface area contributed by atoms with Gasteiger partial charge in [-0.3, -0.25) is 10.1 Å². The smallest absolute Gasteiger partial charge is 0.256 e. The molecule has 1 saturated heterocycles. The second-order valence-electron chi connectivity index (χ2n) is 3.54. The van der Waals surface area contributed by atoms with Crippen molar-refractivity contribution in [1.29, 1.82) is 0 Å². The Morgan fingerprint density at radius 3 is 2.38 bits per heavy atom. The van der Waals surface area contributed by atoms with Gasteiger partial charge in [-0.2, -0.15) is 0 Å². The summed E-state index contributed by atoms with van der Waals surface area (Å²) in [5, 5.41) is 22.5. The first-order valence-corrected chi connectivity index (χ1v) is 4.66. The molecule has 0 radical (unpaired) electrons. The Labute approximate surface area is 89.6 Å². The number of rotatable bonds is 2. The van der Waals surface area contributed by atoms with Gasteiger partial charge in [0.2, 0.25) is 5.91 Å². The zero-order valence-electron chi connectivity index (χ0n) is 8.40. The van der Waals surface area contributed by atoms with E-state index in [1.807, 2.05) is 5.32 Å². The van der Waals surface area contributed by atoms with Crippen molar-refractivity contribution in [3.8, 4) is 0 Å². The second kappa shape index (κ2) is 4.98. The van der Waals surface area contributed by atoms with E-state index in [-0.39, 0.29) is 0 Å². The van der Waals surface area contributed by atoms with Crippen LogP contribution in [0.2, 0.25) is 0 Å². The van der Waals surface area contributed by atoms with E-state index >= 15 is 0 Å². The molecule has 1 rings (SSSR count). The number of nitrogens with one attached hydrogen (secondary N) is 2. The van der Waals surface area contributed by atoms with Crippen LogP contribution in [-0.2, 0) is 4.79 Å². The van der Waals surface area contributed by atoms with Gasteiger partial charge in [0.1, 0.15) is 18.2 Å². The number of aliphatic hydroxyl groups excluding tert-OH is 2. The lowest BCUT2D eigenvalue weighted by atomic mass is 9.91. The zero-order chi connectivity index (χ0) is 12.5. The van der Waals surface area contributed by atoms with Crippen molar-refractivity contribution in [2.24, 2.45) is 0 Å². The number of hydrogen-bond acceptors (Lipinski definition) is 4. The predicted octanol–water partition coefficient (Wildman–Crippen LogP) is -1.60. The number of amides is 1. The summed E-state index contributed by atoms with van der Waals surface area (Å²) in [5.41, 5.74) is 0. The number of alkyl halides is 3. The highest BCUT2D eigenvalue weighted by atomic mass is 19.3. The molecule has 94 valence electrons. The van der Waals surface area contributed by atoms with E-state index in [9.17, 15) is 28.2 Å². The molecule has 5 atom stereocenters. The van der Waals surface area contributed by atoms with Crippen molar-refractivity contribution in [2.45, 2.75) is 36.9 Å². The van der Waals surface area contributed by atoms with Crippen LogP contribution in [-0.4, -0.2) is 60.1 Å². The minimum atomic E-state index is -3.01. The maximum Gasteiger partial charge on any atom is 0.256 e. The minimum Gasteiger partial charge on any atom is -0.388 e. The van der Waals surface area contributed by atoms with Gasteiger partial charge in [0, 0.05) is 7.05 Å². The van der Waals surface area contributed by atoms with Gasteiger partial charge in [0.05, 0.1) is 6.04 Å². The molecule has 0 aliphatic carbocycles. The fraction of sp³-hybridized carbons (Fsp3) is 0.875. The highest BCUT2D eigenvalue weighted by molar-refractivity contribution is 5.82. The fourth-order valence-electron chi connectivity index (χ4n) is 1.59. The normalized spacial score (nSPS) is 39.8. The van der Waals surface area contributed by atoms with Gasteiger partial charge in [-0.15, -0.1) is 0 Å². The summed E-state index contributed by atoms with van der Waals surface area (Å²) in [6.07, 6.45) is -9.10. The van der Waals surface area contributed by atoms with Gasteiger partial charge in [0.15, 0.2) is 6.17 Å². The Morgan fingerprint density at radius 1 is 1.38 bits per heavy atom. The quantitative estimate of drug-likeness (QED) is 0.470.